The summed E-state index contributed by atoms with van der Waals surface area (Å²) in [5, 5.41) is 2.92. The van der Waals surface area contributed by atoms with Gasteiger partial charge in [0.15, 0.2) is 5.96 Å². The topological polar surface area (TPSA) is 59.6 Å². The maximum atomic E-state index is 13.0. The van der Waals surface area contributed by atoms with Gasteiger partial charge in [-0.1, -0.05) is 0 Å². The van der Waals surface area contributed by atoms with Crippen LogP contribution in [0, 0.1) is 11.6 Å². The fraction of sp³-hybridized carbons (Fsp3) is 0.500. The van der Waals surface area contributed by atoms with Crippen molar-refractivity contribution in [3.8, 4) is 0 Å². The first-order valence-electron chi connectivity index (χ1n) is 6.74. The third kappa shape index (κ3) is 4.77. The number of hydrogen-bond donors (Lipinski definition) is 2. The smallest absolute Gasteiger partial charge is 0.188 e. The summed E-state index contributed by atoms with van der Waals surface area (Å²) in [7, 11) is 0. The predicted octanol–water partition coefficient (Wildman–Crippen LogP) is 1.59. The average Bonchev–Trinajstić information content (AvgIpc) is 2.88. The van der Waals surface area contributed by atoms with Gasteiger partial charge in [-0.3, -0.25) is 4.99 Å². The Kier molecular flexibility index (Phi) is 5.29. The molecule has 0 aliphatic carbocycles. The van der Waals surface area contributed by atoms with E-state index in [1.165, 1.54) is 12.1 Å². The van der Waals surface area contributed by atoms with Crippen LogP contribution in [0.2, 0.25) is 0 Å². The first-order valence-corrected chi connectivity index (χ1v) is 6.74. The minimum absolute atomic E-state index is 0.160. The van der Waals surface area contributed by atoms with Crippen molar-refractivity contribution in [3.05, 3.63) is 35.4 Å². The van der Waals surface area contributed by atoms with Crippen molar-refractivity contribution < 1.29 is 13.5 Å². The number of guanidine groups is 1. The summed E-state index contributed by atoms with van der Waals surface area (Å²) >= 11 is 0. The molecule has 0 amide bonds. The Hall–Kier alpha value is -1.69. The van der Waals surface area contributed by atoms with Crippen LogP contribution in [0.1, 0.15) is 18.4 Å². The lowest BCUT2D eigenvalue weighted by Crippen LogP contribution is -2.34. The number of ether oxygens (including phenoxy) is 1. The molecule has 110 valence electrons. The summed E-state index contributed by atoms with van der Waals surface area (Å²) in [6.45, 7) is 1.82. The predicted molar refractivity (Wildman–Crippen MR) is 73.5 cm³/mol. The molecule has 0 saturated carbocycles. The van der Waals surface area contributed by atoms with Crippen LogP contribution in [0.4, 0.5) is 8.78 Å². The van der Waals surface area contributed by atoms with Gasteiger partial charge in [-0.2, -0.15) is 0 Å². The Labute approximate surface area is 117 Å². The van der Waals surface area contributed by atoms with E-state index in [0.717, 1.165) is 25.5 Å². The van der Waals surface area contributed by atoms with Crippen LogP contribution in [0.5, 0.6) is 0 Å². The second kappa shape index (κ2) is 7.19. The number of benzene rings is 1. The number of aliphatic imine (C=N–C) groups is 1. The second-order valence-corrected chi connectivity index (χ2v) is 4.82. The zero-order valence-corrected chi connectivity index (χ0v) is 11.2. The van der Waals surface area contributed by atoms with Crippen molar-refractivity contribution in [3.63, 3.8) is 0 Å². The van der Waals surface area contributed by atoms with Crippen LogP contribution in [-0.2, 0) is 11.2 Å². The van der Waals surface area contributed by atoms with E-state index in [1.807, 2.05) is 0 Å². The second-order valence-electron chi connectivity index (χ2n) is 4.82. The third-order valence-electron chi connectivity index (χ3n) is 3.13. The molecule has 1 saturated heterocycles. The summed E-state index contributed by atoms with van der Waals surface area (Å²) < 4.78 is 31.4. The average molecular weight is 283 g/mol. The normalized spacial score (nSPS) is 19.3. The van der Waals surface area contributed by atoms with E-state index in [-0.39, 0.29) is 6.10 Å². The van der Waals surface area contributed by atoms with E-state index >= 15 is 0 Å². The highest BCUT2D eigenvalue weighted by Gasteiger charge is 2.14. The lowest BCUT2D eigenvalue weighted by molar-refractivity contribution is 0.118. The molecule has 1 atom stereocenters. The Morgan fingerprint density at radius 3 is 2.75 bits per heavy atom. The van der Waals surface area contributed by atoms with Crippen LogP contribution < -0.4 is 11.1 Å². The van der Waals surface area contributed by atoms with Gasteiger partial charge >= 0.3 is 0 Å². The summed E-state index contributed by atoms with van der Waals surface area (Å²) in [6.07, 6.45) is 2.72. The monoisotopic (exact) mass is 283 g/mol. The quantitative estimate of drug-likeness (QED) is 0.637. The van der Waals surface area contributed by atoms with Crippen LogP contribution in [-0.4, -0.2) is 31.8 Å². The number of nitrogens with zero attached hydrogens (tertiary/aromatic N) is 1. The maximum Gasteiger partial charge on any atom is 0.188 e. The molecule has 2 rings (SSSR count). The molecule has 20 heavy (non-hydrogen) atoms. The van der Waals surface area contributed by atoms with Crippen LogP contribution in [0.3, 0.4) is 0 Å². The molecule has 1 aliphatic heterocycles. The van der Waals surface area contributed by atoms with Crippen LogP contribution in [0.15, 0.2) is 23.2 Å². The van der Waals surface area contributed by atoms with Gasteiger partial charge in [0.1, 0.15) is 11.6 Å². The molecule has 6 heteroatoms. The first-order chi connectivity index (χ1) is 9.63. The molecule has 1 aromatic rings. The standard InChI is InChI=1S/C14H19F2N3O/c15-11-6-10(7-12(16)8-11)3-4-18-14(17)19-9-13-2-1-5-20-13/h6-8,13H,1-5,9H2,(H3,17,18,19). The van der Waals surface area contributed by atoms with E-state index in [1.54, 1.807) is 0 Å². The minimum Gasteiger partial charge on any atom is -0.376 e. The molecule has 1 unspecified atom stereocenters. The van der Waals surface area contributed by atoms with E-state index in [2.05, 4.69) is 10.3 Å². The number of nitrogens with one attached hydrogen (secondary N) is 1. The summed E-state index contributed by atoms with van der Waals surface area (Å²) in [6, 6.07) is 3.48. The number of nitrogens with two attached hydrogens (primary N) is 1. The highest BCUT2D eigenvalue weighted by molar-refractivity contribution is 5.77. The SMILES string of the molecule is NC(=NCC1CCCO1)NCCc1cc(F)cc(F)c1. The van der Waals surface area contributed by atoms with E-state index < -0.39 is 11.6 Å². The van der Waals surface area contributed by atoms with Gasteiger partial charge in [-0.15, -0.1) is 0 Å². The van der Waals surface area contributed by atoms with Crippen molar-refractivity contribution in [2.24, 2.45) is 10.7 Å². The van der Waals surface area contributed by atoms with Crippen LogP contribution >= 0.6 is 0 Å². The molecule has 1 aromatic carbocycles. The lowest BCUT2D eigenvalue weighted by atomic mass is 10.1. The van der Waals surface area contributed by atoms with Crippen molar-refractivity contribution in [2.75, 3.05) is 19.7 Å². The van der Waals surface area contributed by atoms with E-state index in [4.69, 9.17) is 10.5 Å². The lowest BCUT2D eigenvalue weighted by Gasteiger charge is -2.08. The van der Waals surface area contributed by atoms with Crippen molar-refractivity contribution >= 4 is 5.96 Å². The molecule has 0 spiro atoms. The Morgan fingerprint density at radius 2 is 2.10 bits per heavy atom. The van der Waals surface area contributed by atoms with Crippen molar-refractivity contribution in [1.82, 2.24) is 5.32 Å². The molecule has 1 fully saturated rings. The summed E-state index contributed by atoms with van der Waals surface area (Å²) in [5.74, 6) is -0.808. The van der Waals surface area contributed by atoms with Gasteiger partial charge in [0.25, 0.3) is 0 Å². The van der Waals surface area contributed by atoms with Gasteiger partial charge in [0, 0.05) is 19.2 Å². The van der Waals surface area contributed by atoms with Gasteiger partial charge in [0.05, 0.1) is 12.6 Å². The van der Waals surface area contributed by atoms with Crippen molar-refractivity contribution in [1.29, 1.82) is 0 Å². The number of hydrogen-bond acceptors (Lipinski definition) is 2. The third-order valence-corrected chi connectivity index (χ3v) is 3.13. The highest BCUT2D eigenvalue weighted by Crippen LogP contribution is 2.11. The Morgan fingerprint density at radius 1 is 1.35 bits per heavy atom. The summed E-state index contributed by atoms with van der Waals surface area (Å²) in [4.78, 5) is 4.18. The first kappa shape index (κ1) is 14.7. The fourth-order valence-electron chi connectivity index (χ4n) is 2.13. The van der Waals surface area contributed by atoms with E-state index in [9.17, 15) is 8.78 Å². The van der Waals surface area contributed by atoms with E-state index in [0.29, 0.717) is 31.0 Å². The molecule has 0 radical (unpaired) electrons. The molecular formula is C14H19F2N3O. The van der Waals surface area contributed by atoms with Gasteiger partial charge in [-0.25, -0.2) is 8.78 Å². The molecule has 0 bridgehead atoms. The highest BCUT2D eigenvalue weighted by atomic mass is 19.1. The molecule has 1 aliphatic rings. The zero-order valence-electron chi connectivity index (χ0n) is 11.2. The molecule has 1 heterocycles. The number of rotatable bonds is 5. The van der Waals surface area contributed by atoms with Crippen LogP contribution in [0.25, 0.3) is 0 Å². The Balaban J connectivity index is 1.72. The minimum atomic E-state index is -0.569. The molecular weight excluding hydrogens is 264 g/mol. The van der Waals surface area contributed by atoms with Gasteiger partial charge in [-0.05, 0) is 37.0 Å². The summed E-state index contributed by atoms with van der Waals surface area (Å²) in [5.41, 5.74) is 6.30. The van der Waals surface area contributed by atoms with Gasteiger partial charge < -0.3 is 15.8 Å². The largest absolute Gasteiger partial charge is 0.376 e. The maximum absolute atomic E-state index is 13.0. The Bertz CT molecular complexity index is 453. The van der Waals surface area contributed by atoms with Crippen molar-refractivity contribution in [2.45, 2.75) is 25.4 Å². The number of halogens is 2. The van der Waals surface area contributed by atoms with Gasteiger partial charge in [0.2, 0.25) is 0 Å². The molecule has 4 nitrogen and oxygen atoms in total. The fourth-order valence-corrected chi connectivity index (χ4v) is 2.13. The molecule has 3 N–H and O–H groups in total. The molecule has 0 aromatic heterocycles. The zero-order chi connectivity index (χ0) is 14.4.